The lowest BCUT2D eigenvalue weighted by Gasteiger charge is -2.04. The molecule has 1 aliphatic rings. The predicted octanol–water partition coefficient (Wildman–Crippen LogP) is 3.08. The Morgan fingerprint density at radius 1 is 1.11 bits per heavy atom. The second-order valence-electron chi connectivity index (χ2n) is 3.70. The van der Waals surface area contributed by atoms with Gasteiger partial charge in [0.05, 0.1) is 0 Å². The third-order valence-electron chi connectivity index (χ3n) is 2.96. The van der Waals surface area contributed by atoms with Gasteiger partial charge in [-0.05, 0) is 30.6 Å². The zero-order valence-corrected chi connectivity index (χ0v) is 6.85. The van der Waals surface area contributed by atoms with Crippen molar-refractivity contribution in [3.63, 3.8) is 0 Å². The molecule has 0 aromatic carbocycles. The zero-order valence-electron chi connectivity index (χ0n) is 6.85. The van der Waals surface area contributed by atoms with Gasteiger partial charge in [0.25, 0.3) is 0 Å². The van der Waals surface area contributed by atoms with Crippen molar-refractivity contribution in [1.29, 1.82) is 0 Å². The van der Waals surface area contributed by atoms with Gasteiger partial charge in [0, 0.05) is 0 Å². The Bertz CT molecular complexity index is 76.0. The molecule has 0 aromatic rings. The van der Waals surface area contributed by atoms with E-state index in [-0.39, 0.29) is 0 Å². The van der Waals surface area contributed by atoms with Gasteiger partial charge in [-0.25, -0.2) is 0 Å². The van der Waals surface area contributed by atoms with Gasteiger partial charge in [-0.1, -0.05) is 27.2 Å². The Morgan fingerprint density at radius 2 is 1.56 bits per heavy atom. The predicted molar refractivity (Wildman–Crippen MR) is 41.3 cm³/mol. The van der Waals surface area contributed by atoms with Crippen molar-refractivity contribution in [3.05, 3.63) is 0 Å². The number of hydrogen-bond donors (Lipinski definition) is 0. The van der Waals surface area contributed by atoms with Crippen LogP contribution in [-0.4, -0.2) is 0 Å². The lowest BCUT2D eigenvalue weighted by molar-refractivity contribution is 0.457. The first-order valence-corrected chi connectivity index (χ1v) is 4.24. The maximum absolute atomic E-state index is 2.39. The zero-order chi connectivity index (χ0) is 6.85. The maximum Gasteiger partial charge on any atom is -0.0412 e. The van der Waals surface area contributed by atoms with Crippen LogP contribution in [-0.2, 0) is 0 Å². The molecule has 54 valence electrons. The highest BCUT2D eigenvalue weighted by Gasteiger charge is 2.26. The minimum absolute atomic E-state index is 0.995. The molecule has 0 spiro atoms. The Labute approximate surface area is 58.7 Å². The molecule has 0 amide bonds. The van der Waals surface area contributed by atoms with Crippen molar-refractivity contribution in [2.45, 2.75) is 40.0 Å². The van der Waals surface area contributed by atoms with Crippen LogP contribution in [0.5, 0.6) is 0 Å². The molecule has 0 aromatic heterocycles. The van der Waals surface area contributed by atoms with Gasteiger partial charge in [0.15, 0.2) is 0 Å². The van der Waals surface area contributed by atoms with E-state index in [1.165, 1.54) is 19.3 Å². The molecule has 0 aliphatic heterocycles. The van der Waals surface area contributed by atoms with Crippen molar-refractivity contribution in [1.82, 2.24) is 0 Å². The van der Waals surface area contributed by atoms with E-state index in [1.54, 1.807) is 0 Å². The topological polar surface area (TPSA) is 0 Å². The molecule has 0 unspecified atom stereocenters. The van der Waals surface area contributed by atoms with E-state index >= 15 is 0 Å². The second kappa shape index (κ2) is 2.72. The van der Waals surface area contributed by atoms with Crippen molar-refractivity contribution < 1.29 is 0 Å². The molecule has 0 nitrogen and oxygen atoms in total. The minimum Gasteiger partial charge on any atom is -0.0651 e. The van der Waals surface area contributed by atoms with Gasteiger partial charge in [0.1, 0.15) is 0 Å². The smallest absolute Gasteiger partial charge is 0.0412 e. The van der Waals surface area contributed by atoms with E-state index in [9.17, 15) is 0 Å². The summed E-state index contributed by atoms with van der Waals surface area (Å²) >= 11 is 0. The first-order chi connectivity index (χ1) is 4.24. The monoisotopic (exact) mass is 126 g/mol. The normalized spacial score (nSPS) is 37.7. The summed E-state index contributed by atoms with van der Waals surface area (Å²) in [7, 11) is 0. The summed E-state index contributed by atoms with van der Waals surface area (Å²) in [5, 5.41) is 0. The molecule has 1 saturated carbocycles. The van der Waals surface area contributed by atoms with Crippen LogP contribution in [0, 0.1) is 17.8 Å². The average molecular weight is 126 g/mol. The van der Waals surface area contributed by atoms with Crippen LogP contribution >= 0.6 is 0 Å². The van der Waals surface area contributed by atoms with Gasteiger partial charge in [0.2, 0.25) is 0 Å². The fraction of sp³-hybridized carbons (Fsp3) is 1.00. The van der Waals surface area contributed by atoms with Gasteiger partial charge in [-0.2, -0.15) is 0 Å². The Balaban J connectivity index is 2.35. The Kier molecular flexibility index (Phi) is 2.15. The van der Waals surface area contributed by atoms with Gasteiger partial charge in [-0.3, -0.25) is 0 Å². The quantitative estimate of drug-likeness (QED) is 0.506. The van der Waals surface area contributed by atoms with Crippen LogP contribution in [0.15, 0.2) is 0 Å². The van der Waals surface area contributed by atoms with Crippen molar-refractivity contribution in [3.8, 4) is 0 Å². The number of hydrogen-bond acceptors (Lipinski definition) is 0. The van der Waals surface area contributed by atoms with Crippen LogP contribution in [0.3, 0.4) is 0 Å². The largest absolute Gasteiger partial charge is 0.0651 e. The van der Waals surface area contributed by atoms with Crippen molar-refractivity contribution in [2.75, 3.05) is 0 Å². The van der Waals surface area contributed by atoms with E-state index in [1.807, 2.05) is 0 Å². The van der Waals surface area contributed by atoms with Crippen LogP contribution < -0.4 is 0 Å². The molecule has 0 radical (unpaired) electrons. The first-order valence-electron chi connectivity index (χ1n) is 4.24. The molecule has 0 heterocycles. The van der Waals surface area contributed by atoms with Gasteiger partial charge >= 0.3 is 0 Å². The molecule has 0 bridgehead atoms. The lowest BCUT2D eigenvalue weighted by Crippen LogP contribution is -1.95. The van der Waals surface area contributed by atoms with E-state index in [0.717, 1.165) is 17.8 Å². The van der Waals surface area contributed by atoms with E-state index in [4.69, 9.17) is 0 Å². The highest BCUT2D eigenvalue weighted by Crippen LogP contribution is 2.36. The molecular formula is C9H18. The maximum atomic E-state index is 2.39. The van der Waals surface area contributed by atoms with Crippen LogP contribution in [0.1, 0.15) is 40.0 Å². The standard InChI is InChI=1S/C9H18/c1-4-9-5-7(2)8(3)6-9/h7-9H,4-6H2,1-3H3/t7-,8-/m1/s1. The summed E-state index contributed by atoms with van der Waals surface area (Å²) in [5.74, 6) is 3.04. The SMILES string of the molecule is CCC1C[C@@H](C)[C@H](C)C1. The highest BCUT2D eigenvalue weighted by atomic mass is 14.3. The fourth-order valence-electron chi connectivity index (χ4n) is 1.95. The molecule has 9 heavy (non-hydrogen) atoms. The van der Waals surface area contributed by atoms with E-state index in [0.29, 0.717) is 0 Å². The average Bonchev–Trinajstić information content (AvgIpc) is 2.13. The van der Waals surface area contributed by atoms with Gasteiger partial charge in [-0.15, -0.1) is 0 Å². The number of rotatable bonds is 1. The molecule has 1 rings (SSSR count). The summed E-state index contributed by atoms with van der Waals surface area (Å²) in [6.07, 6.45) is 4.37. The Morgan fingerprint density at radius 3 is 1.78 bits per heavy atom. The summed E-state index contributed by atoms with van der Waals surface area (Å²) in [6.45, 7) is 7.09. The fourth-order valence-corrected chi connectivity index (χ4v) is 1.95. The summed E-state index contributed by atoms with van der Waals surface area (Å²) < 4.78 is 0. The highest BCUT2D eigenvalue weighted by molar-refractivity contribution is 4.76. The molecule has 0 saturated heterocycles. The summed E-state index contributed by atoms with van der Waals surface area (Å²) in [4.78, 5) is 0. The van der Waals surface area contributed by atoms with Gasteiger partial charge < -0.3 is 0 Å². The summed E-state index contributed by atoms with van der Waals surface area (Å²) in [5.41, 5.74) is 0. The van der Waals surface area contributed by atoms with Crippen molar-refractivity contribution >= 4 is 0 Å². The van der Waals surface area contributed by atoms with E-state index < -0.39 is 0 Å². The molecule has 0 N–H and O–H groups in total. The molecular weight excluding hydrogens is 108 g/mol. The van der Waals surface area contributed by atoms with Crippen LogP contribution in [0.4, 0.5) is 0 Å². The summed E-state index contributed by atoms with van der Waals surface area (Å²) in [6, 6.07) is 0. The van der Waals surface area contributed by atoms with E-state index in [2.05, 4.69) is 20.8 Å². The van der Waals surface area contributed by atoms with Crippen LogP contribution in [0.2, 0.25) is 0 Å². The molecule has 2 atom stereocenters. The second-order valence-corrected chi connectivity index (χ2v) is 3.70. The molecule has 1 aliphatic carbocycles. The van der Waals surface area contributed by atoms with Crippen LogP contribution in [0.25, 0.3) is 0 Å². The lowest BCUT2D eigenvalue weighted by atomic mass is 10.0. The van der Waals surface area contributed by atoms with Crippen molar-refractivity contribution in [2.24, 2.45) is 17.8 Å². The first kappa shape index (κ1) is 7.11. The molecule has 0 heteroatoms. The molecule has 1 fully saturated rings. The Hall–Kier alpha value is 0. The third kappa shape index (κ3) is 1.47. The third-order valence-corrected chi connectivity index (χ3v) is 2.96. The minimum atomic E-state index is 0.995.